The van der Waals surface area contributed by atoms with E-state index in [2.05, 4.69) is 4.90 Å². The molecule has 3 rings (SSSR count). The van der Waals surface area contributed by atoms with Crippen molar-refractivity contribution in [3.63, 3.8) is 0 Å². The monoisotopic (exact) mass is 296 g/mol. The van der Waals surface area contributed by atoms with Crippen molar-refractivity contribution in [3.8, 4) is 11.5 Å². The van der Waals surface area contributed by atoms with Crippen molar-refractivity contribution in [2.24, 2.45) is 11.7 Å². The van der Waals surface area contributed by atoms with Crippen LogP contribution in [0.3, 0.4) is 0 Å². The van der Waals surface area contributed by atoms with E-state index in [1.165, 1.54) is 12.8 Å². The summed E-state index contributed by atoms with van der Waals surface area (Å²) in [6.07, 6.45) is 2.42. The lowest BCUT2D eigenvalue weighted by Crippen LogP contribution is -2.44. The van der Waals surface area contributed by atoms with Crippen LogP contribution in [0, 0.1) is 5.92 Å². The van der Waals surface area contributed by atoms with E-state index in [9.17, 15) is 0 Å². The fraction of sp³-hybridized carbons (Fsp3) is 0.600. The second kappa shape index (κ2) is 6.20. The summed E-state index contributed by atoms with van der Waals surface area (Å²) in [5.74, 6) is 2.11. The molecule has 2 aliphatic rings. The van der Waals surface area contributed by atoms with Gasteiger partial charge in [0.05, 0.1) is 5.02 Å². The van der Waals surface area contributed by atoms with E-state index in [-0.39, 0.29) is 6.10 Å². The molecule has 1 aromatic carbocycles. The van der Waals surface area contributed by atoms with Crippen molar-refractivity contribution < 1.29 is 9.47 Å². The number of nitrogens with two attached hydrogens (primary N) is 1. The fourth-order valence-corrected chi connectivity index (χ4v) is 3.09. The number of rotatable bonds is 3. The van der Waals surface area contributed by atoms with Gasteiger partial charge in [-0.25, -0.2) is 0 Å². The zero-order chi connectivity index (χ0) is 13.9. The molecule has 0 aliphatic carbocycles. The molecule has 0 radical (unpaired) electrons. The van der Waals surface area contributed by atoms with Gasteiger partial charge in [0.1, 0.15) is 12.7 Å². The van der Waals surface area contributed by atoms with Gasteiger partial charge < -0.3 is 15.2 Å². The van der Waals surface area contributed by atoms with Crippen molar-refractivity contribution >= 4 is 11.6 Å². The van der Waals surface area contributed by atoms with Crippen LogP contribution < -0.4 is 15.2 Å². The van der Waals surface area contributed by atoms with E-state index >= 15 is 0 Å². The molecule has 110 valence electrons. The molecule has 1 fully saturated rings. The van der Waals surface area contributed by atoms with Gasteiger partial charge in [-0.3, -0.25) is 4.90 Å². The van der Waals surface area contributed by atoms with Crippen molar-refractivity contribution in [2.75, 3.05) is 32.8 Å². The molecule has 0 amide bonds. The molecule has 0 unspecified atom stereocenters. The summed E-state index contributed by atoms with van der Waals surface area (Å²) in [5, 5.41) is 0.619. The lowest BCUT2D eigenvalue weighted by atomic mass is 9.97. The summed E-state index contributed by atoms with van der Waals surface area (Å²) in [7, 11) is 0. The number of para-hydroxylation sites is 1. The maximum Gasteiger partial charge on any atom is 0.180 e. The first-order valence-electron chi connectivity index (χ1n) is 7.26. The first-order chi connectivity index (χ1) is 9.76. The summed E-state index contributed by atoms with van der Waals surface area (Å²) >= 11 is 6.16. The van der Waals surface area contributed by atoms with Crippen LogP contribution in [0.25, 0.3) is 0 Å². The minimum Gasteiger partial charge on any atom is -0.486 e. The maximum absolute atomic E-state index is 6.16. The molecular formula is C15H21ClN2O2. The molecule has 4 nitrogen and oxygen atoms in total. The van der Waals surface area contributed by atoms with Crippen LogP contribution in [0.2, 0.25) is 5.02 Å². The second-order valence-electron chi connectivity index (χ2n) is 5.60. The Labute approximate surface area is 124 Å². The van der Waals surface area contributed by atoms with Gasteiger partial charge in [-0.1, -0.05) is 17.7 Å². The van der Waals surface area contributed by atoms with Gasteiger partial charge in [0.2, 0.25) is 0 Å². The highest BCUT2D eigenvalue weighted by Crippen LogP contribution is 2.38. The Hall–Kier alpha value is -0.970. The lowest BCUT2D eigenvalue weighted by molar-refractivity contribution is 0.0484. The molecule has 2 N–H and O–H groups in total. The minimum atomic E-state index is 0.0526. The number of fused-ring (bicyclic) bond motifs is 1. The Morgan fingerprint density at radius 2 is 2.10 bits per heavy atom. The number of benzene rings is 1. The molecule has 0 aromatic heterocycles. The lowest BCUT2D eigenvalue weighted by Gasteiger charge is -2.35. The Morgan fingerprint density at radius 1 is 1.30 bits per heavy atom. The van der Waals surface area contributed by atoms with Gasteiger partial charge in [0.25, 0.3) is 0 Å². The Kier molecular flexibility index (Phi) is 4.34. The average Bonchev–Trinajstić information content (AvgIpc) is 2.49. The molecular weight excluding hydrogens is 276 g/mol. The summed E-state index contributed by atoms with van der Waals surface area (Å²) in [6.45, 7) is 4.47. The quantitative estimate of drug-likeness (QED) is 0.928. The van der Waals surface area contributed by atoms with Crippen LogP contribution in [0.5, 0.6) is 11.5 Å². The first-order valence-corrected chi connectivity index (χ1v) is 7.64. The fourth-order valence-electron chi connectivity index (χ4n) is 2.88. The van der Waals surface area contributed by atoms with Gasteiger partial charge in [0.15, 0.2) is 11.5 Å². The maximum atomic E-state index is 6.16. The summed E-state index contributed by atoms with van der Waals surface area (Å²) < 4.78 is 11.7. The molecule has 5 heteroatoms. The standard InChI is InChI=1S/C15H21ClN2O2/c16-13-2-1-3-14-15(13)20-12(10-19-14)9-18-6-4-11(8-17)5-7-18/h1-3,11-12H,4-10,17H2/t12-/m0/s1. The normalized spacial score (nSPS) is 23.8. The number of nitrogens with zero attached hydrogens (tertiary/aromatic N) is 1. The zero-order valence-electron chi connectivity index (χ0n) is 11.6. The van der Waals surface area contributed by atoms with Gasteiger partial charge in [0, 0.05) is 6.54 Å². The summed E-state index contributed by atoms with van der Waals surface area (Å²) in [6, 6.07) is 5.60. The van der Waals surface area contributed by atoms with Crippen molar-refractivity contribution in [1.29, 1.82) is 0 Å². The predicted octanol–water partition coefficient (Wildman–Crippen LogP) is 2.15. The highest BCUT2D eigenvalue weighted by Gasteiger charge is 2.26. The van der Waals surface area contributed by atoms with Crippen molar-refractivity contribution in [3.05, 3.63) is 23.2 Å². The number of likely N-dealkylation sites (tertiary alicyclic amines) is 1. The van der Waals surface area contributed by atoms with E-state index in [1.54, 1.807) is 0 Å². The number of ether oxygens (including phenoxy) is 2. The minimum absolute atomic E-state index is 0.0526. The first kappa shape index (κ1) is 14.0. The van der Waals surface area contributed by atoms with Crippen molar-refractivity contribution in [1.82, 2.24) is 4.90 Å². The number of piperidine rings is 1. The molecule has 1 atom stereocenters. The van der Waals surface area contributed by atoms with E-state index in [4.69, 9.17) is 26.8 Å². The largest absolute Gasteiger partial charge is 0.486 e. The number of hydrogen-bond acceptors (Lipinski definition) is 4. The van der Waals surface area contributed by atoms with Crippen LogP contribution >= 0.6 is 11.6 Å². The third-order valence-corrected chi connectivity index (χ3v) is 4.44. The molecule has 1 saturated heterocycles. The summed E-state index contributed by atoms with van der Waals surface area (Å²) in [5.41, 5.74) is 5.72. The van der Waals surface area contributed by atoms with E-state index in [1.807, 2.05) is 18.2 Å². The predicted molar refractivity (Wildman–Crippen MR) is 79.6 cm³/mol. The van der Waals surface area contributed by atoms with Gasteiger partial charge in [-0.15, -0.1) is 0 Å². The van der Waals surface area contributed by atoms with Crippen LogP contribution in [0.15, 0.2) is 18.2 Å². The van der Waals surface area contributed by atoms with Crippen LogP contribution in [-0.4, -0.2) is 43.8 Å². The SMILES string of the molecule is NCC1CCN(C[C@H]2COc3cccc(Cl)c3O2)CC1. The van der Waals surface area contributed by atoms with E-state index < -0.39 is 0 Å². The van der Waals surface area contributed by atoms with Gasteiger partial charge in [-0.05, 0) is 50.5 Å². The molecule has 2 aliphatic heterocycles. The smallest absolute Gasteiger partial charge is 0.180 e. The Bertz CT molecular complexity index is 461. The third kappa shape index (κ3) is 3.03. The third-order valence-electron chi connectivity index (χ3n) is 4.14. The van der Waals surface area contributed by atoms with Gasteiger partial charge >= 0.3 is 0 Å². The van der Waals surface area contributed by atoms with Crippen LogP contribution in [0.1, 0.15) is 12.8 Å². The highest BCUT2D eigenvalue weighted by molar-refractivity contribution is 6.32. The topological polar surface area (TPSA) is 47.7 Å². The van der Waals surface area contributed by atoms with E-state index in [0.717, 1.165) is 31.9 Å². The van der Waals surface area contributed by atoms with Crippen molar-refractivity contribution in [2.45, 2.75) is 18.9 Å². The molecule has 0 bridgehead atoms. The molecule has 20 heavy (non-hydrogen) atoms. The second-order valence-corrected chi connectivity index (χ2v) is 6.00. The average molecular weight is 297 g/mol. The summed E-state index contributed by atoms with van der Waals surface area (Å²) in [4.78, 5) is 2.43. The number of halogens is 1. The molecule has 2 heterocycles. The Balaban J connectivity index is 1.57. The van der Waals surface area contributed by atoms with Crippen LogP contribution in [0.4, 0.5) is 0 Å². The van der Waals surface area contributed by atoms with E-state index in [0.29, 0.717) is 23.3 Å². The zero-order valence-corrected chi connectivity index (χ0v) is 12.3. The highest BCUT2D eigenvalue weighted by atomic mass is 35.5. The van der Waals surface area contributed by atoms with Crippen LogP contribution in [-0.2, 0) is 0 Å². The molecule has 1 aromatic rings. The Morgan fingerprint density at radius 3 is 2.85 bits per heavy atom. The molecule has 0 saturated carbocycles. The number of hydrogen-bond donors (Lipinski definition) is 1. The molecule has 0 spiro atoms. The van der Waals surface area contributed by atoms with Gasteiger partial charge in [-0.2, -0.15) is 0 Å².